The molecule has 0 saturated carbocycles. The van der Waals surface area contributed by atoms with Crippen LogP contribution in [0, 0.1) is 27.3 Å². The van der Waals surface area contributed by atoms with E-state index < -0.39 is 4.92 Å². The van der Waals surface area contributed by atoms with Gasteiger partial charge in [-0.3, -0.25) is 10.1 Å². The standard InChI is InChI=1S/C22H14BrFN2O3/c23-21-11-15(7-8-22(21)29-14-16-3-1-5-19(24)10-16)9-18(13-25)17-4-2-6-20(12-17)26(27)28/h1-12H,14H2/b18-9-. The molecule has 0 amide bonds. The molecule has 0 aliphatic rings. The van der Waals surface area contributed by atoms with E-state index in [2.05, 4.69) is 22.0 Å². The summed E-state index contributed by atoms with van der Waals surface area (Å²) >= 11 is 3.43. The Morgan fingerprint density at radius 1 is 1.17 bits per heavy atom. The number of non-ortho nitro benzene ring substituents is 1. The lowest BCUT2D eigenvalue weighted by Gasteiger charge is -2.09. The van der Waals surface area contributed by atoms with Gasteiger partial charge < -0.3 is 4.74 Å². The van der Waals surface area contributed by atoms with Crippen molar-refractivity contribution in [1.29, 1.82) is 5.26 Å². The van der Waals surface area contributed by atoms with E-state index in [1.165, 1.54) is 30.3 Å². The summed E-state index contributed by atoms with van der Waals surface area (Å²) in [5, 5.41) is 20.4. The van der Waals surface area contributed by atoms with Crippen LogP contribution in [0.4, 0.5) is 10.1 Å². The summed E-state index contributed by atoms with van der Waals surface area (Å²) in [6.07, 6.45) is 1.64. The minimum atomic E-state index is -0.500. The number of allylic oxidation sites excluding steroid dienone is 1. The maximum Gasteiger partial charge on any atom is 0.270 e. The van der Waals surface area contributed by atoms with E-state index in [1.807, 2.05) is 0 Å². The Kier molecular flexibility index (Phi) is 6.37. The molecule has 0 bridgehead atoms. The largest absolute Gasteiger partial charge is 0.488 e. The van der Waals surface area contributed by atoms with Crippen molar-refractivity contribution in [1.82, 2.24) is 0 Å². The van der Waals surface area contributed by atoms with E-state index in [-0.39, 0.29) is 18.1 Å². The van der Waals surface area contributed by atoms with E-state index in [1.54, 1.807) is 42.5 Å². The molecule has 0 aliphatic heterocycles. The first-order valence-electron chi connectivity index (χ1n) is 8.49. The van der Waals surface area contributed by atoms with Gasteiger partial charge in [0.1, 0.15) is 18.2 Å². The zero-order valence-electron chi connectivity index (χ0n) is 15.0. The lowest BCUT2D eigenvalue weighted by atomic mass is 10.0. The van der Waals surface area contributed by atoms with Gasteiger partial charge in [-0.05, 0) is 63.0 Å². The fourth-order valence-electron chi connectivity index (χ4n) is 2.65. The maximum atomic E-state index is 13.3. The number of nitrogens with zero attached hydrogens (tertiary/aromatic N) is 2. The van der Waals surface area contributed by atoms with Crippen LogP contribution in [-0.4, -0.2) is 4.92 Å². The summed E-state index contributed by atoms with van der Waals surface area (Å²) in [5.74, 6) is 0.246. The normalized spacial score (nSPS) is 11.0. The Hall–Kier alpha value is -3.50. The second kappa shape index (κ2) is 9.13. The molecule has 0 spiro atoms. The molecular weight excluding hydrogens is 439 g/mol. The number of nitro benzene ring substituents is 1. The predicted molar refractivity (Wildman–Crippen MR) is 111 cm³/mol. The number of nitro groups is 1. The fraction of sp³-hybridized carbons (Fsp3) is 0.0455. The van der Waals surface area contributed by atoms with Crippen molar-refractivity contribution >= 4 is 33.3 Å². The molecule has 144 valence electrons. The number of ether oxygens (including phenoxy) is 1. The third-order valence-electron chi connectivity index (χ3n) is 4.04. The molecule has 0 heterocycles. The summed E-state index contributed by atoms with van der Waals surface area (Å²) in [6, 6.07) is 19.4. The third-order valence-corrected chi connectivity index (χ3v) is 4.66. The van der Waals surface area contributed by atoms with Crippen molar-refractivity contribution in [2.24, 2.45) is 0 Å². The van der Waals surface area contributed by atoms with E-state index in [0.29, 0.717) is 26.9 Å². The minimum absolute atomic E-state index is 0.0778. The molecule has 0 atom stereocenters. The first-order chi connectivity index (χ1) is 14.0. The number of hydrogen-bond donors (Lipinski definition) is 0. The van der Waals surface area contributed by atoms with Crippen LogP contribution in [0.2, 0.25) is 0 Å². The molecule has 3 aromatic carbocycles. The summed E-state index contributed by atoms with van der Waals surface area (Å²) in [7, 11) is 0. The van der Waals surface area contributed by atoms with Crippen LogP contribution >= 0.6 is 15.9 Å². The summed E-state index contributed by atoms with van der Waals surface area (Å²) in [5.41, 5.74) is 2.11. The zero-order valence-corrected chi connectivity index (χ0v) is 16.6. The highest BCUT2D eigenvalue weighted by Crippen LogP contribution is 2.29. The first kappa shape index (κ1) is 20.2. The van der Waals surface area contributed by atoms with Crippen LogP contribution in [0.25, 0.3) is 11.6 Å². The highest BCUT2D eigenvalue weighted by atomic mass is 79.9. The average molecular weight is 453 g/mol. The molecule has 0 aromatic heterocycles. The Bertz CT molecular complexity index is 1140. The number of halogens is 2. The van der Waals surface area contributed by atoms with Crippen molar-refractivity contribution in [3.05, 3.63) is 104 Å². The third kappa shape index (κ3) is 5.27. The van der Waals surface area contributed by atoms with Crippen LogP contribution in [-0.2, 0) is 6.61 Å². The maximum absolute atomic E-state index is 13.3. The minimum Gasteiger partial charge on any atom is -0.488 e. The lowest BCUT2D eigenvalue weighted by Crippen LogP contribution is -1.96. The summed E-state index contributed by atoms with van der Waals surface area (Å²) < 4.78 is 19.6. The molecule has 5 nitrogen and oxygen atoms in total. The number of benzene rings is 3. The molecule has 0 fully saturated rings. The molecule has 0 saturated heterocycles. The van der Waals surface area contributed by atoms with Crippen LogP contribution in [0.1, 0.15) is 16.7 Å². The van der Waals surface area contributed by atoms with E-state index in [0.717, 1.165) is 5.56 Å². The fourth-order valence-corrected chi connectivity index (χ4v) is 3.16. The van der Waals surface area contributed by atoms with Gasteiger partial charge in [-0.15, -0.1) is 0 Å². The second-order valence-electron chi connectivity index (χ2n) is 6.09. The molecule has 3 rings (SSSR count). The number of nitriles is 1. The number of rotatable bonds is 6. The molecule has 29 heavy (non-hydrogen) atoms. The van der Waals surface area contributed by atoms with Crippen LogP contribution in [0.3, 0.4) is 0 Å². The van der Waals surface area contributed by atoms with Crippen molar-refractivity contribution < 1.29 is 14.1 Å². The smallest absolute Gasteiger partial charge is 0.270 e. The zero-order chi connectivity index (χ0) is 20.8. The molecule has 3 aromatic rings. The molecule has 0 radical (unpaired) electrons. The topological polar surface area (TPSA) is 76.2 Å². The van der Waals surface area contributed by atoms with Gasteiger partial charge in [-0.1, -0.05) is 30.3 Å². The van der Waals surface area contributed by atoms with Crippen molar-refractivity contribution in [3.63, 3.8) is 0 Å². The van der Waals surface area contributed by atoms with E-state index in [9.17, 15) is 19.8 Å². The van der Waals surface area contributed by atoms with Gasteiger partial charge in [0.2, 0.25) is 0 Å². The molecular formula is C22H14BrFN2O3. The van der Waals surface area contributed by atoms with Crippen LogP contribution < -0.4 is 4.74 Å². The lowest BCUT2D eigenvalue weighted by molar-refractivity contribution is -0.384. The SMILES string of the molecule is N#C/C(=C/c1ccc(OCc2cccc(F)c2)c(Br)c1)c1cccc([N+](=O)[O-])c1. The van der Waals surface area contributed by atoms with Gasteiger partial charge in [0.25, 0.3) is 5.69 Å². The predicted octanol–water partition coefficient (Wildman–Crippen LogP) is 6.14. The van der Waals surface area contributed by atoms with Gasteiger partial charge in [0, 0.05) is 12.1 Å². The summed E-state index contributed by atoms with van der Waals surface area (Å²) in [4.78, 5) is 10.4. The monoisotopic (exact) mass is 452 g/mol. The first-order valence-corrected chi connectivity index (χ1v) is 9.29. The Labute approximate surface area is 175 Å². The van der Waals surface area contributed by atoms with Gasteiger partial charge in [-0.2, -0.15) is 5.26 Å². The quantitative estimate of drug-likeness (QED) is 0.195. The summed E-state index contributed by atoms with van der Waals surface area (Å²) in [6.45, 7) is 0.211. The highest BCUT2D eigenvalue weighted by molar-refractivity contribution is 9.10. The molecule has 7 heteroatoms. The Balaban J connectivity index is 1.80. The Morgan fingerprint density at radius 3 is 2.66 bits per heavy atom. The number of hydrogen-bond acceptors (Lipinski definition) is 4. The van der Waals surface area contributed by atoms with Crippen molar-refractivity contribution in [2.45, 2.75) is 6.61 Å². The van der Waals surface area contributed by atoms with Crippen molar-refractivity contribution in [2.75, 3.05) is 0 Å². The van der Waals surface area contributed by atoms with Crippen LogP contribution in [0.15, 0.2) is 71.2 Å². The van der Waals surface area contributed by atoms with Gasteiger partial charge in [0.05, 0.1) is 21.0 Å². The average Bonchev–Trinajstić information content (AvgIpc) is 2.71. The highest BCUT2D eigenvalue weighted by Gasteiger charge is 2.10. The van der Waals surface area contributed by atoms with Crippen LogP contribution in [0.5, 0.6) is 5.75 Å². The van der Waals surface area contributed by atoms with Gasteiger partial charge in [-0.25, -0.2) is 4.39 Å². The van der Waals surface area contributed by atoms with Gasteiger partial charge in [0.15, 0.2) is 0 Å². The van der Waals surface area contributed by atoms with Gasteiger partial charge >= 0.3 is 0 Å². The molecule has 0 unspecified atom stereocenters. The Morgan fingerprint density at radius 2 is 1.97 bits per heavy atom. The van der Waals surface area contributed by atoms with Crippen molar-refractivity contribution in [3.8, 4) is 11.8 Å². The second-order valence-corrected chi connectivity index (χ2v) is 6.94. The van der Waals surface area contributed by atoms with E-state index >= 15 is 0 Å². The molecule has 0 aliphatic carbocycles. The van der Waals surface area contributed by atoms with E-state index in [4.69, 9.17) is 4.74 Å². The molecule has 0 N–H and O–H groups in total.